The Morgan fingerprint density at radius 3 is 1.73 bits per heavy atom. The van der Waals surface area contributed by atoms with E-state index in [0.717, 1.165) is 27.1 Å². The molecule has 33 heavy (non-hydrogen) atoms. The number of methoxy groups -OCH3 is 1. The minimum Gasteiger partial charge on any atom is -0.463 e. The highest BCUT2D eigenvalue weighted by Gasteiger charge is 2.36. The highest BCUT2D eigenvalue weighted by molar-refractivity contribution is 6.02. The Morgan fingerprint density at radius 2 is 1.21 bits per heavy atom. The monoisotopic (exact) mass is 450 g/mol. The molecule has 3 aromatic rings. The van der Waals surface area contributed by atoms with Crippen LogP contribution in [0.1, 0.15) is 46.1 Å². The van der Waals surface area contributed by atoms with Crippen LogP contribution in [0.15, 0.2) is 54.6 Å². The van der Waals surface area contributed by atoms with Crippen molar-refractivity contribution in [3.05, 3.63) is 60.2 Å². The maximum Gasteiger partial charge on any atom is 0.311 e. The summed E-state index contributed by atoms with van der Waals surface area (Å²) in [5, 5.41) is 4.41. The molecule has 0 spiro atoms. The fourth-order valence-corrected chi connectivity index (χ4v) is 3.84. The lowest BCUT2D eigenvalue weighted by Crippen LogP contribution is -2.32. The molecule has 0 fully saturated rings. The van der Waals surface area contributed by atoms with Crippen molar-refractivity contribution < 1.29 is 23.8 Å². The van der Waals surface area contributed by atoms with E-state index in [-0.39, 0.29) is 25.2 Å². The van der Waals surface area contributed by atoms with E-state index in [1.165, 1.54) is 0 Å². The number of carbonyl (C=O) groups excluding carboxylic acids is 2. The van der Waals surface area contributed by atoms with Gasteiger partial charge in [-0.15, -0.1) is 0 Å². The molecule has 5 nitrogen and oxygen atoms in total. The Labute approximate surface area is 196 Å². The van der Waals surface area contributed by atoms with Gasteiger partial charge in [0.1, 0.15) is 13.2 Å². The van der Waals surface area contributed by atoms with Gasteiger partial charge >= 0.3 is 11.9 Å². The molecule has 0 N–H and O–H groups in total. The van der Waals surface area contributed by atoms with E-state index in [1.807, 2.05) is 52.0 Å². The summed E-state index contributed by atoms with van der Waals surface area (Å²) in [6.45, 7) is 8.20. The zero-order valence-electron chi connectivity index (χ0n) is 20.3. The van der Waals surface area contributed by atoms with Gasteiger partial charge in [0.15, 0.2) is 0 Å². The van der Waals surface area contributed by atoms with Gasteiger partial charge in [-0.3, -0.25) is 9.59 Å². The van der Waals surface area contributed by atoms with Crippen molar-refractivity contribution in [2.75, 3.05) is 20.3 Å². The van der Waals surface area contributed by atoms with Gasteiger partial charge in [0.05, 0.1) is 17.4 Å². The molecule has 0 amide bonds. The second-order valence-electron chi connectivity index (χ2n) is 9.77. The largest absolute Gasteiger partial charge is 0.463 e. The summed E-state index contributed by atoms with van der Waals surface area (Å²) in [7, 11) is 1.56. The van der Waals surface area contributed by atoms with Gasteiger partial charge in [-0.1, -0.05) is 48.5 Å². The van der Waals surface area contributed by atoms with Crippen LogP contribution in [0.3, 0.4) is 0 Å². The first kappa shape index (κ1) is 24.7. The number of hydrogen-bond acceptors (Lipinski definition) is 5. The number of rotatable bonds is 10. The zero-order chi connectivity index (χ0) is 24.1. The lowest BCUT2D eigenvalue weighted by Gasteiger charge is -2.28. The minimum absolute atomic E-state index is 0.201. The Balaban J connectivity index is 1.70. The van der Waals surface area contributed by atoms with Crippen LogP contribution in [0.5, 0.6) is 0 Å². The highest BCUT2D eigenvalue weighted by Crippen LogP contribution is 2.34. The van der Waals surface area contributed by atoms with Crippen molar-refractivity contribution in [2.45, 2.75) is 47.1 Å². The molecule has 3 aromatic carbocycles. The lowest BCUT2D eigenvalue weighted by atomic mass is 9.79. The molecule has 0 aliphatic carbocycles. The molecular formula is C28H34O5. The van der Waals surface area contributed by atoms with Gasteiger partial charge in [-0.25, -0.2) is 0 Å². The SMILES string of the molecule is COCCOC(=O)C(C)(C)CCC(C)(C)C(=O)OCc1c2ccccc2cc2ccccc12. The van der Waals surface area contributed by atoms with Gasteiger partial charge in [0.25, 0.3) is 0 Å². The van der Waals surface area contributed by atoms with Crippen molar-refractivity contribution in [2.24, 2.45) is 10.8 Å². The van der Waals surface area contributed by atoms with Gasteiger partial charge in [-0.2, -0.15) is 0 Å². The molecule has 0 unspecified atom stereocenters. The molecular weight excluding hydrogens is 416 g/mol. The predicted molar refractivity (Wildman–Crippen MR) is 131 cm³/mol. The number of hydrogen-bond donors (Lipinski definition) is 0. The maximum atomic E-state index is 13.1. The third-order valence-electron chi connectivity index (χ3n) is 6.23. The summed E-state index contributed by atoms with van der Waals surface area (Å²) in [5.41, 5.74) is -0.420. The molecule has 0 saturated heterocycles. The summed E-state index contributed by atoms with van der Waals surface area (Å²) < 4.78 is 16.1. The molecule has 0 heterocycles. The minimum atomic E-state index is -0.732. The molecule has 176 valence electrons. The van der Waals surface area contributed by atoms with Crippen LogP contribution in [-0.2, 0) is 30.4 Å². The first-order valence-corrected chi connectivity index (χ1v) is 11.4. The topological polar surface area (TPSA) is 61.8 Å². The van der Waals surface area contributed by atoms with E-state index in [0.29, 0.717) is 19.4 Å². The summed E-state index contributed by atoms with van der Waals surface area (Å²) in [6, 6.07) is 18.5. The normalized spacial score (nSPS) is 12.2. The molecule has 0 bridgehead atoms. The van der Waals surface area contributed by atoms with Crippen molar-refractivity contribution >= 4 is 33.5 Å². The van der Waals surface area contributed by atoms with Crippen LogP contribution in [0.25, 0.3) is 21.5 Å². The third kappa shape index (κ3) is 5.91. The van der Waals surface area contributed by atoms with Gasteiger partial charge in [0.2, 0.25) is 0 Å². The van der Waals surface area contributed by atoms with Crippen LogP contribution in [0, 0.1) is 10.8 Å². The fourth-order valence-electron chi connectivity index (χ4n) is 3.84. The third-order valence-corrected chi connectivity index (χ3v) is 6.23. The van der Waals surface area contributed by atoms with E-state index >= 15 is 0 Å². The molecule has 0 saturated carbocycles. The number of esters is 2. The van der Waals surface area contributed by atoms with Crippen LogP contribution in [0.2, 0.25) is 0 Å². The summed E-state index contributed by atoms with van der Waals surface area (Å²) in [4.78, 5) is 25.4. The number of ether oxygens (including phenoxy) is 3. The second-order valence-corrected chi connectivity index (χ2v) is 9.77. The Kier molecular flexibility index (Phi) is 7.75. The van der Waals surface area contributed by atoms with Crippen LogP contribution in [0.4, 0.5) is 0 Å². The van der Waals surface area contributed by atoms with Gasteiger partial charge in [-0.05, 0) is 68.1 Å². The van der Waals surface area contributed by atoms with E-state index in [9.17, 15) is 9.59 Å². The summed E-state index contributed by atoms with van der Waals surface area (Å²) in [6.07, 6.45) is 1.02. The number of fused-ring (bicyclic) bond motifs is 2. The van der Waals surface area contributed by atoms with E-state index < -0.39 is 10.8 Å². The highest BCUT2D eigenvalue weighted by atomic mass is 16.6. The van der Waals surface area contributed by atoms with Crippen LogP contribution in [-0.4, -0.2) is 32.3 Å². The molecule has 0 radical (unpaired) electrons. The van der Waals surface area contributed by atoms with Gasteiger partial charge < -0.3 is 14.2 Å². The van der Waals surface area contributed by atoms with Crippen molar-refractivity contribution in [1.29, 1.82) is 0 Å². The molecule has 0 aliphatic rings. The number of benzene rings is 3. The van der Waals surface area contributed by atoms with E-state index in [2.05, 4.69) is 30.3 Å². The average Bonchev–Trinajstić information content (AvgIpc) is 2.80. The first-order valence-electron chi connectivity index (χ1n) is 11.4. The molecule has 5 heteroatoms. The average molecular weight is 451 g/mol. The molecule has 0 aromatic heterocycles. The van der Waals surface area contributed by atoms with Crippen molar-refractivity contribution in [1.82, 2.24) is 0 Å². The Hall–Kier alpha value is -2.92. The van der Waals surface area contributed by atoms with E-state index in [4.69, 9.17) is 14.2 Å². The van der Waals surface area contributed by atoms with Crippen molar-refractivity contribution in [3.8, 4) is 0 Å². The summed E-state index contributed by atoms with van der Waals surface area (Å²) >= 11 is 0. The smallest absolute Gasteiger partial charge is 0.311 e. The van der Waals surface area contributed by atoms with Gasteiger partial charge in [0, 0.05) is 12.7 Å². The second kappa shape index (κ2) is 10.3. The van der Waals surface area contributed by atoms with Crippen LogP contribution >= 0.6 is 0 Å². The standard InChI is InChI=1S/C28H34O5/c1-27(2,25(29)32-17-16-31-5)14-15-28(3,4)26(30)33-19-24-22-12-8-6-10-20(22)18-21-11-7-9-13-23(21)24/h6-13,18H,14-17,19H2,1-5H3. The Morgan fingerprint density at radius 1 is 0.727 bits per heavy atom. The maximum absolute atomic E-state index is 13.1. The lowest BCUT2D eigenvalue weighted by molar-refractivity contribution is -0.160. The first-order chi connectivity index (χ1) is 15.7. The predicted octanol–water partition coefficient (Wildman–Crippen LogP) is 6.06. The summed E-state index contributed by atoms with van der Waals surface area (Å²) in [5.74, 6) is -0.561. The Bertz CT molecular complexity index is 1080. The van der Waals surface area contributed by atoms with Crippen molar-refractivity contribution in [3.63, 3.8) is 0 Å². The molecule has 0 atom stereocenters. The quantitative estimate of drug-likeness (QED) is 0.213. The van der Waals surface area contributed by atoms with E-state index in [1.54, 1.807) is 7.11 Å². The fraction of sp³-hybridized carbons (Fsp3) is 0.429. The number of carbonyl (C=O) groups is 2. The van der Waals surface area contributed by atoms with Crippen LogP contribution < -0.4 is 0 Å². The molecule has 3 rings (SSSR count). The zero-order valence-corrected chi connectivity index (χ0v) is 20.3. The molecule has 0 aliphatic heterocycles.